The molecule has 0 bridgehead atoms. The van der Waals surface area contributed by atoms with Crippen LogP contribution in [0.5, 0.6) is 11.5 Å². The first-order valence-electron chi connectivity index (χ1n) is 9.82. The second kappa shape index (κ2) is 9.24. The summed E-state index contributed by atoms with van der Waals surface area (Å²) in [5.74, 6) is -1.33. The number of thioether (sulfide) groups is 1. The number of hydrogen-bond acceptors (Lipinski definition) is 10. The number of benzene rings is 2. The van der Waals surface area contributed by atoms with E-state index >= 15 is 0 Å². The lowest BCUT2D eigenvalue weighted by Crippen LogP contribution is -2.69. The molecule has 32 heavy (non-hydrogen) atoms. The van der Waals surface area contributed by atoms with Crippen LogP contribution in [-0.4, -0.2) is 79.8 Å². The van der Waals surface area contributed by atoms with Gasteiger partial charge < -0.3 is 39.7 Å². The van der Waals surface area contributed by atoms with Crippen LogP contribution in [0.15, 0.2) is 47.4 Å². The Labute approximate surface area is 187 Å². The van der Waals surface area contributed by atoms with Crippen molar-refractivity contribution in [3.8, 4) is 11.5 Å². The fraction of sp³-hybridized carbons (Fsp3) is 0.381. The fourth-order valence-corrected chi connectivity index (χ4v) is 4.34. The predicted octanol–water partition coefficient (Wildman–Crippen LogP) is 0.362. The van der Waals surface area contributed by atoms with Crippen molar-refractivity contribution in [3.63, 3.8) is 0 Å². The van der Waals surface area contributed by atoms with Crippen LogP contribution in [0, 0.1) is 0 Å². The van der Waals surface area contributed by atoms with E-state index in [1.807, 2.05) is 24.3 Å². The summed E-state index contributed by atoms with van der Waals surface area (Å²) in [6, 6.07) is 12.5. The lowest BCUT2D eigenvalue weighted by atomic mass is 9.96. The Balaban J connectivity index is 1.60. The quantitative estimate of drug-likeness (QED) is 0.213. The first-order valence-corrected chi connectivity index (χ1v) is 10.8. The van der Waals surface area contributed by atoms with E-state index < -0.39 is 37.0 Å². The summed E-state index contributed by atoms with van der Waals surface area (Å²) in [5, 5.41) is 58.6. The van der Waals surface area contributed by atoms with Gasteiger partial charge in [-0.25, -0.2) is 0 Å². The van der Waals surface area contributed by atoms with Crippen molar-refractivity contribution in [3.05, 3.63) is 48.2 Å². The molecule has 2 aromatic carbocycles. The zero-order valence-electron chi connectivity index (χ0n) is 17.1. The minimum Gasteiger partial charge on any atom is -0.497 e. The van der Waals surface area contributed by atoms with Crippen LogP contribution in [0.4, 0.5) is 0 Å². The number of rotatable bonds is 7. The van der Waals surface area contributed by atoms with Crippen LogP contribution in [0.1, 0.15) is 5.69 Å². The van der Waals surface area contributed by atoms with Crippen LogP contribution in [0.25, 0.3) is 10.9 Å². The number of hydrogen-bond donors (Lipinski definition) is 6. The number of aliphatic hydroxyl groups is 5. The molecule has 1 aliphatic rings. The van der Waals surface area contributed by atoms with E-state index in [9.17, 15) is 25.5 Å². The molecule has 172 valence electrons. The molecule has 1 aliphatic heterocycles. The largest absolute Gasteiger partial charge is 0.497 e. The van der Waals surface area contributed by atoms with Gasteiger partial charge in [0.05, 0.1) is 30.3 Å². The van der Waals surface area contributed by atoms with Crippen molar-refractivity contribution < 1.29 is 39.7 Å². The molecule has 1 saturated heterocycles. The van der Waals surface area contributed by atoms with E-state index in [1.165, 1.54) is 11.8 Å². The predicted molar refractivity (Wildman–Crippen MR) is 114 cm³/mol. The van der Waals surface area contributed by atoms with Gasteiger partial charge in [0.1, 0.15) is 23.7 Å². The number of nitrogens with one attached hydrogen (secondary N) is 1. The van der Waals surface area contributed by atoms with Crippen LogP contribution < -0.4 is 9.47 Å². The number of nitrogens with zero attached hydrogens (tertiary/aromatic N) is 1. The third kappa shape index (κ3) is 4.16. The molecule has 2 heterocycles. The molecule has 0 saturated carbocycles. The first-order chi connectivity index (χ1) is 15.4. The Morgan fingerprint density at radius 2 is 1.91 bits per heavy atom. The lowest BCUT2D eigenvalue weighted by molar-refractivity contribution is -0.385. The number of aliphatic hydroxyl groups excluding tert-OH is 4. The first kappa shape index (κ1) is 22.8. The van der Waals surface area contributed by atoms with Crippen LogP contribution in [0.2, 0.25) is 0 Å². The molecule has 0 amide bonds. The molecule has 11 heteroatoms. The smallest absolute Gasteiger partial charge is 0.288 e. The summed E-state index contributed by atoms with van der Waals surface area (Å²) in [7, 11) is 1.60. The summed E-state index contributed by atoms with van der Waals surface area (Å²) in [4.78, 5) is 0.990. The summed E-state index contributed by atoms with van der Waals surface area (Å²) < 4.78 is 15.8. The topological polar surface area (TPSA) is 158 Å². The van der Waals surface area contributed by atoms with Crippen molar-refractivity contribution in [2.75, 3.05) is 13.7 Å². The third-order valence-electron chi connectivity index (χ3n) is 5.30. The maximum absolute atomic E-state index is 10.9. The molecule has 10 nitrogen and oxygen atoms in total. The maximum Gasteiger partial charge on any atom is 0.288 e. The van der Waals surface area contributed by atoms with E-state index in [1.54, 1.807) is 25.3 Å². The second-order valence-electron chi connectivity index (χ2n) is 7.31. The van der Waals surface area contributed by atoms with E-state index in [2.05, 4.69) is 10.2 Å². The SMILES string of the molecule is COc1ccc(SCc2n[nH]c3cccc(O[C@]4(O)[C@H](O)O[C@H](CO)[C@@H](O)[C@@H]4O)c23)cc1. The molecule has 1 aromatic heterocycles. The average molecular weight is 464 g/mol. The molecule has 0 aliphatic carbocycles. The summed E-state index contributed by atoms with van der Waals surface area (Å²) in [6.45, 7) is -0.657. The van der Waals surface area contributed by atoms with E-state index in [0.717, 1.165) is 10.6 Å². The van der Waals surface area contributed by atoms with Gasteiger partial charge in [0.15, 0.2) is 6.10 Å². The number of methoxy groups -OCH3 is 1. The molecule has 0 radical (unpaired) electrons. The zero-order chi connectivity index (χ0) is 22.9. The highest BCUT2D eigenvalue weighted by Gasteiger charge is 2.57. The van der Waals surface area contributed by atoms with Gasteiger partial charge in [0, 0.05) is 10.6 Å². The van der Waals surface area contributed by atoms with Gasteiger partial charge in [-0.3, -0.25) is 5.10 Å². The molecule has 3 aromatic rings. The standard InChI is InChI=1S/C21H24N2O8S/c1-29-11-5-7-12(8-6-11)32-10-14-17-13(22-23-14)3-2-4-15(17)31-21(28)19(26)18(25)16(9-24)30-20(21)27/h2-8,16,18-20,24-28H,9-10H2,1H3,(H,22,23)/t16-,18-,19+,20-,21+/m1/s1. The number of fused-ring (bicyclic) bond motifs is 1. The Bertz CT molecular complexity index is 1060. The molecule has 0 spiro atoms. The Morgan fingerprint density at radius 3 is 2.59 bits per heavy atom. The number of aromatic nitrogens is 2. The normalized spacial score (nSPS) is 28.1. The number of H-pyrrole nitrogens is 1. The molecule has 5 atom stereocenters. The van der Waals surface area contributed by atoms with E-state index in [4.69, 9.17) is 14.2 Å². The van der Waals surface area contributed by atoms with Gasteiger partial charge in [-0.2, -0.15) is 5.10 Å². The van der Waals surface area contributed by atoms with Crippen molar-refractivity contribution in [1.29, 1.82) is 0 Å². The average Bonchev–Trinajstić information content (AvgIpc) is 3.23. The zero-order valence-corrected chi connectivity index (χ0v) is 17.9. The van der Waals surface area contributed by atoms with Crippen molar-refractivity contribution in [2.24, 2.45) is 0 Å². The van der Waals surface area contributed by atoms with Crippen molar-refractivity contribution >= 4 is 22.7 Å². The van der Waals surface area contributed by atoms with Crippen LogP contribution in [0.3, 0.4) is 0 Å². The Morgan fingerprint density at radius 1 is 1.16 bits per heavy atom. The van der Waals surface area contributed by atoms with E-state index in [-0.39, 0.29) is 5.75 Å². The van der Waals surface area contributed by atoms with Gasteiger partial charge in [0.2, 0.25) is 6.29 Å². The highest BCUT2D eigenvalue weighted by Crippen LogP contribution is 2.37. The Kier molecular flexibility index (Phi) is 6.58. The third-order valence-corrected chi connectivity index (χ3v) is 6.32. The summed E-state index contributed by atoms with van der Waals surface area (Å²) in [6.07, 6.45) is -6.91. The maximum atomic E-state index is 10.9. The van der Waals surface area contributed by atoms with Crippen molar-refractivity contribution in [2.45, 2.75) is 41.0 Å². The molecule has 4 rings (SSSR count). The van der Waals surface area contributed by atoms with Gasteiger partial charge in [-0.05, 0) is 36.4 Å². The number of ether oxygens (including phenoxy) is 3. The van der Waals surface area contributed by atoms with Crippen molar-refractivity contribution in [1.82, 2.24) is 10.2 Å². The highest BCUT2D eigenvalue weighted by atomic mass is 32.2. The Hall–Kier alpha value is -2.38. The van der Waals surface area contributed by atoms with Gasteiger partial charge in [0.25, 0.3) is 5.79 Å². The van der Waals surface area contributed by atoms with Gasteiger partial charge >= 0.3 is 0 Å². The summed E-state index contributed by atoms with van der Waals surface area (Å²) in [5.41, 5.74) is 1.24. The molecule has 0 unspecified atom stereocenters. The fourth-order valence-electron chi connectivity index (χ4n) is 3.49. The highest BCUT2D eigenvalue weighted by molar-refractivity contribution is 7.98. The minimum absolute atomic E-state index is 0.125. The van der Waals surface area contributed by atoms with Crippen LogP contribution >= 0.6 is 11.8 Å². The van der Waals surface area contributed by atoms with Crippen LogP contribution in [-0.2, 0) is 10.5 Å². The minimum atomic E-state index is -2.67. The summed E-state index contributed by atoms with van der Waals surface area (Å²) >= 11 is 1.52. The molecular formula is C21H24N2O8S. The molecular weight excluding hydrogens is 440 g/mol. The lowest BCUT2D eigenvalue weighted by Gasteiger charge is -2.45. The second-order valence-corrected chi connectivity index (χ2v) is 8.36. The monoisotopic (exact) mass is 464 g/mol. The van der Waals surface area contributed by atoms with Gasteiger partial charge in [-0.15, -0.1) is 11.8 Å². The molecule has 1 fully saturated rings. The number of aromatic amines is 1. The van der Waals surface area contributed by atoms with E-state index in [0.29, 0.717) is 22.3 Å². The van der Waals surface area contributed by atoms with Gasteiger partial charge in [-0.1, -0.05) is 6.07 Å². The molecule has 6 N–H and O–H groups in total.